The van der Waals surface area contributed by atoms with Gasteiger partial charge in [0.1, 0.15) is 11.8 Å². The van der Waals surface area contributed by atoms with Gasteiger partial charge in [-0.25, -0.2) is 0 Å². The highest BCUT2D eigenvalue weighted by Crippen LogP contribution is 2.14. The van der Waals surface area contributed by atoms with Gasteiger partial charge in [0.2, 0.25) is 23.6 Å². The quantitative estimate of drug-likeness (QED) is 0.0978. The fraction of sp³-hybridized carbons (Fsp3) is 0.485. The number of hydrogen-bond acceptors (Lipinski definition) is 10. The molecule has 0 saturated heterocycles. The lowest BCUT2D eigenvalue weighted by Crippen LogP contribution is -2.56. The summed E-state index contributed by atoms with van der Waals surface area (Å²) in [6, 6.07) is 12.5. The fourth-order valence-corrected chi connectivity index (χ4v) is 5.35. The third-order valence-corrected chi connectivity index (χ3v) is 8.34. The maximum Gasteiger partial charge on any atom is 0.305 e. The van der Waals surface area contributed by atoms with E-state index in [0.717, 1.165) is 11.1 Å². The van der Waals surface area contributed by atoms with Gasteiger partial charge >= 0.3 is 5.97 Å². The second-order valence-corrected chi connectivity index (χ2v) is 12.7. The molecule has 2 aromatic carbocycles. The molecule has 13 nitrogen and oxygen atoms in total. The second-order valence-electron chi connectivity index (χ2n) is 11.1. The van der Waals surface area contributed by atoms with E-state index in [1.165, 1.54) is 30.4 Å². The lowest BCUT2D eigenvalue weighted by Gasteiger charge is -2.32. The number of nitrogens with one attached hydrogen (secondary N) is 3. The minimum Gasteiger partial charge on any atom is -0.508 e. The summed E-state index contributed by atoms with van der Waals surface area (Å²) in [5.41, 5.74) is 7.49. The molecular weight excluding hydrogens is 626 g/mol. The van der Waals surface area contributed by atoms with Crippen LogP contribution in [0.1, 0.15) is 43.2 Å². The van der Waals surface area contributed by atoms with E-state index in [1.807, 2.05) is 6.07 Å². The molecule has 0 fully saturated rings. The third kappa shape index (κ3) is 14.4. The van der Waals surface area contributed by atoms with Crippen LogP contribution in [0.15, 0.2) is 54.6 Å². The van der Waals surface area contributed by atoms with Crippen molar-refractivity contribution < 1.29 is 38.0 Å². The predicted octanol–water partition coefficient (Wildman–Crippen LogP) is 0.551. The van der Waals surface area contributed by atoms with E-state index >= 15 is 0 Å². The molecule has 47 heavy (non-hydrogen) atoms. The lowest BCUT2D eigenvalue weighted by molar-refractivity contribution is -0.143. The number of ether oxygens (including phenoxy) is 1. The van der Waals surface area contributed by atoms with E-state index in [2.05, 4.69) is 16.0 Å². The first-order valence-electron chi connectivity index (χ1n) is 15.5. The van der Waals surface area contributed by atoms with E-state index < -0.39 is 59.1 Å². The second kappa shape index (κ2) is 20.9. The average molecular weight is 674 g/mol. The van der Waals surface area contributed by atoms with E-state index in [-0.39, 0.29) is 43.3 Å². The highest BCUT2D eigenvalue weighted by molar-refractivity contribution is 7.84. The van der Waals surface area contributed by atoms with Crippen LogP contribution in [0.2, 0.25) is 0 Å². The summed E-state index contributed by atoms with van der Waals surface area (Å²) < 4.78 is 16.2. The Morgan fingerprint density at radius 1 is 0.915 bits per heavy atom. The van der Waals surface area contributed by atoms with Gasteiger partial charge in [-0.3, -0.25) is 33.5 Å². The smallest absolute Gasteiger partial charge is 0.305 e. The van der Waals surface area contributed by atoms with Crippen molar-refractivity contribution in [1.82, 2.24) is 20.9 Å². The first-order valence-corrected chi connectivity index (χ1v) is 17.2. The van der Waals surface area contributed by atoms with Gasteiger partial charge in [0, 0.05) is 42.2 Å². The molecule has 14 heteroatoms. The van der Waals surface area contributed by atoms with Crippen molar-refractivity contribution in [3.05, 3.63) is 65.7 Å². The molecule has 0 aliphatic rings. The van der Waals surface area contributed by atoms with Crippen LogP contribution >= 0.6 is 0 Å². The Kier molecular flexibility index (Phi) is 17.3. The van der Waals surface area contributed by atoms with Gasteiger partial charge in [-0.15, -0.1) is 0 Å². The van der Waals surface area contributed by atoms with Crippen molar-refractivity contribution in [2.45, 2.75) is 63.1 Å². The molecule has 6 N–H and O–H groups in total. The first-order chi connectivity index (χ1) is 22.4. The number of imide groups is 1. The molecule has 2 aromatic rings. The molecule has 0 bridgehead atoms. The number of methoxy groups -OCH3 is 1. The van der Waals surface area contributed by atoms with Gasteiger partial charge in [0.25, 0.3) is 0 Å². The Labute approximate surface area is 278 Å². The third-order valence-electron chi connectivity index (χ3n) is 7.53. The number of phenols is 1. The SMILES string of the molecule is CN[C@@H](Cc1ccc(O)cc1)C(=O)NCC(=O)N(CCCCCC(=O)OC)[C@@H](Cc1ccccc1)C(=O)NC(=O)C(N)CCS(C)=O. The normalized spacial score (nSPS) is 13.4. The Bertz CT molecular complexity index is 1340. The van der Waals surface area contributed by atoms with Crippen LogP contribution in [-0.4, -0.2) is 101 Å². The van der Waals surface area contributed by atoms with E-state index in [0.29, 0.717) is 25.7 Å². The van der Waals surface area contributed by atoms with Crippen LogP contribution in [0.4, 0.5) is 0 Å². The van der Waals surface area contributed by atoms with Gasteiger partial charge in [0.15, 0.2) is 0 Å². The summed E-state index contributed by atoms with van der Waals surface area (Å²) in [7, 11) is 1.75. The maximum atomic E-state index is 13.8. The molecule has 0 saturated carbocycles. The number of nitrogens with two attached hydrogens (primary N) is 1. The number of amides is 4. The highest BCUT2D eigenvalue weighted by atomic mass is 32.2. The maximum absolute atomic E-state index is 13.8. The van der Waals surface area contributed by atoms with E-state index in [9.17, 15) is 33.3 Å². The molecule has 0 spiro atoms. The average Bonchev–Trinajstić information content (AvgIpc) is 3.06. The molecule has 0 heterocycles. The van der Waals surface area contributed by atoms with Crippen LogP contribution < -0.4 is 21.7 Å². The number of esters is 1. The molecule has 0 aliphatic carbocycles. The Morgan fingerprint density at radius 3 is 2.19 bits per heavy atom. The van der Waals surface area contributed by atoms with Crippen molar-refractivity contribution in [2.75, 3.05) is 39.3 Å². The number of aromatic hydroxyl groups is 1. The molecule has 4 atom stereocenters. The van der Waals surface area contributed by atoms with Crippen LogP contribution in [0.25, 0.3) is 0 Å². The Balaban J connectivity index is 2.26. The zero-order chi connectivity index (χ0) is 34.8. The standard InChI is InChI=1S/C33H47N5O8S/c1-35-27(20-24-13-15-25(39)16-14-24)32(43)36-22-29(40)38(18-9-5-8-12-30(41)46-2)28(21-23-10-6-4-7-11-23)33(44)37-31(42)26(34)17-19-47(3)45/h4,6-7,10-11,13-16,26-28,35,39H,5,8-9,12,17-22,34H2,1-3H3,(H,36,43)(H,37,42,44)/t26?,27-,28-,47?/m0/s1. The number of phenolic OH excluding ortho intramolecular Hbond substituents is 1. The number of carbonyl (C=O) groups excluding carboxylic acids is 5. The first kappa shape index (κ1) is 39.0. The molecule has 0 aromatic heterocycles. The van der Waals surface area contributed by atoms with Crippen LogP contribution in [-0.2, 0) is 52.4 Å². The highest BCUT2D eigenvalue weighted by Gasteiger charge is 2.32. The summed E-state index contributed by atoms with van der Waals surface area (Å²) in [4.78, 5) is 66.3. The van der Waals surface area contributed by atoms with Gasteiger partial charge in [-0.2, -0.15) is 0 Å². The van der Waals surface area contributed by atoms with Crippen molar-refractivity contribution in [2.24, 2.45) is 5.73 Å². The molecule has 0 radical (unpaired) electrons. The molecule has 4 amide bonds. The number of hydrogen-bond donors (Lipinski definition) is 5. The number of nitrogens with zero attached hydrogens (tertiary/aromatic N) is 1. The lowest BCUT2D eigenvalue weighted by atomic mass is 10.0. The molecule has 0 aliphatic heterocycles. The Hall–Kier alpha value is -4.14. The summed E-state index contributed by atoms with van der Waals surface area (Å²) in [5.74, 6) is -2.53. The van der Waals surface area contributed by atoms with Crippen LogP contribution in [0, 0.1) is 0 Å². The molecule has 2 rings (SSSR count). The summed E-state index contributed by atoms with van der Waals surface area (Å²) in [6.45, 7) is -0.304. The number of likely N-dealkylation sites (N-methyl/N-ethyl adjacent to an activating group) is 1. The van der Waals surface area contributed by atoms with Crippen molar-refractivity contribution in [3.63, 3.8) is 0 Å². The zero-order valence-corrected chi connectivity index (χ0v) is 28.1. The van der Waals surface area contributed by atoms with Gasteiger partial charge in [-0.05, 0) is 56.0 Å². The van der Waals surface area contributed by atoms with Gasteiger partial charge < -0.3 is 31.1 Å². The van der Waals surface area contributed by atoms with Crippen molar-refractivity contribution in [1.29, 1.82) is 0 Å². The summed E-state index contributed by atoms with van der Waals surface area (Å²) in [5, 5.41) is 17.5. The number of benzene rings is 2. The number of rotatable bonds is 20. The van der Waals surface area contributed by atoms with Gasteiger partial charge in [0.05, 0.1) is 25.7 Å². The summed E-state index contributed by atoms with van der Waals surface area (Å²) >= 11 is 0. The minimum absolute atomic E-state index is 0.0794. The Morgan fingerprint density at radius 2 is 1.57 bits per heavy atom. The fourth-order valence-electron chi connectivity index (χ4n) is 4.77. The minimum atomic E-state index is -1.17. The van der Waals surface area contributed by atoms with Crippen LogP contribution in [0.3, 0.4) is 0 Å². The van der Waals surface area contributed by atoms with E-state index in [1.54, 1.807) is 43.4 Å². The van der Waals surface area contributed by atoms with E-state index in [4.69, 9.17) is 10.5 Å². The van der Waals surface area contributed by atoms with Crippen molar-refractivity contribution >= 4 is 40.4 Å². The topological polar surface area (TPSA) is 197 Å². The monoisotopic (exact) mass is 673 g/mol. The van der Waals surface area contributed by atoms with Gasteiger partial charge in [-0.1, -0.05) is 48.9 Å². The summed E-state index contributed by atoms with van der Waals surface area (Å²) in [6.07, 6.45) is 3.68. The number of unbranched alkanes of at least 4 members (excludes halogenated alkanes) is 2. The largest absolute Gasteiger partial charge is 0.508 e. The number of carbonyl (C=O) groups is 5. The molecular formula is C33H47N5O8S. The van der Waals surface area contributed by atoms with Crippen molar-refractivity contribution in [3.8, 4) is 5.75 Å². The molecule has 2 unspecified atom stereocenters. The molecule has 258 valence electrons. The zero-order valence-electron chi connectivity index (χ0n) is 27.2. The predicted molar refractivity (Wildman–Crippen MR) is 178 cm³/mol. The van der Waals surface area contributed by atoms with Crippen LogP contribution in [0.5, 0.6) is 5.75 Å².